The van der Waals surface area contributed by atoms with Crippen LogP contribution in [0.15, 0.2) is 0 Å². The average Bonchev–Trinajstić information content (AvgIpc) is 2.36. The molecule has 1 saturated carbocycles. The molecule has 0 aromatic carbocycles. The maximum absolute atomic E-state index is 12.9. The summed E-state index contributed by atoms with van der Waals surface area (Å²) >= 11 is 0. The fourth-order valence-corrected chi connectivity index (χ4v) is 3.91. The number of hydrogen-bond acceptors (Lipinski definition) is 2. The van der Waals surface area contributed by atoms with Crippen LogP contribution in [0.5, 0.6) is 0 Å². The van der Waals surface area contributed by atoms with Gasteiger partial charge in [-0.25, -0.2) is 0 Å². The third kappa shape index (κ3) is 5.28. The average molecular weight is 311 g/mol. The zero-order chi connectivity index (χ0) is 17.2. The van der Waals surface area contributed by atoms with Gasteiger partial charge in [0.05, 0.1) is 5.41 Å². The van der Waals surface area contributed by atoms with Crippen molar-refractivity contribution < 1.29 is 9.53 Å². The summed E-state index contributed by atoms with van der Waals surface area (Å²) in [4.78, 5) is 12.9. The van der Waals surface area contributed by atoms with Crippen molar-refractivity contribution in [1.82, 2.24) is 0 Å². The minimum Gasteiger partial charge on any atom is -0.459 e. The fourth-order valence-electron chi connectivity index (χ4n) is 3.91. The Balaban J connectivity index is 2.75. The topological polar surface area (TPSA) is 26.3 Å². The van der Waals surface area contributed by atoms with Gasteiger partial charge >= 0.3 is 5.97 Å². The highest BCUT2D eigenvalue weighted by atomic mass is 16.6. The number of esters is 1. The molecule has 1 aliphatic rings. The van der Waals surface area contributed by atoms with Crippen LogP contribution in [0.4, 0.5) is 0 Å². The van der Waals surface area contributed by atoms with E-state index < -0.39 is 0 Å². The minimum atomic E-state index is -0.378. The van der Waals surface area contributed by atoms with Gasteiger partial charge in [0.1, 0.15) is 5.60 Å². The lowest BCUT2D eigenvalue weighted by Gasteiger charge is -2.41. The first-order valence-electron chi connectivity index (χ1n) is 9.13. The van der Waals surface area contributed by atoms with Gasteiger partial charge in [0.15, 0.2) is 0 Å². The molecule has 1 rings (SSSR count). The lowest BCUT2D eigenvalue weighted by molar-refractivity contribution is -0.177. The first-order chi connectivity index (χ1) is 9.89. The third-order valence-corrected chi connectivity index (χ3v) is 5.55. The summed E-state index contributed by atoms with van der Waals surface area (Å²) in [6, 6.07) is 0. The molecule has 0 aliphatic heterocycles. The molecule has 0 radical (unpaired) electrons. The molecule has 2 nitrogen and oxygen atoms in total. The second-order valence-corrected chi connectivity index (χ2v) is 9.60. The standard InChI is InChI=1S/C20H38O2/c1-9-20(8,14-18(3,4)5)17(21)22-19(6,7)16-12-10-15(2)11-13-16/h15-16H,9-14H2,1-8H3. The summed E-state index contributed by atoms with van der Waals surface area (Å²) in [6.45, 7) is 17.3. The van der Waals surface area contributed by atoms with E-state index in [0.717, 1.165) is 18.8 Å². The highest BCUT2D eigenvalue weighted by molar-refractivity contribution is 5.76. The second-order valence-electron chi connectivity index (χ2n) is 9.60. The minimum absolute atomic E-state index is 0.00598. The molecule has 0 amide bonds. The zero-order valence-electron chi connectivity index (χ0n) is 16.2. The van der Waals surface area contributed by atoms with Crippen LogP contribution < -0.4 is 0 Å². The third-order valence-electron chi connectivity index (χ3n) is 5.55. The van der Waals surface area contributed by atoms with Crippen molar-refractivity contribution >= 4 is 5.97 Å². The highest BCUT2D eigenvalue weighted by Gasteiger charge is 2.42. The first kappa shape index (κ1) is 19.5. The van der Waals surface area contributed by atoms with Gasteiger partial charge in [-0.15, -0.1) is 0 Å². The molecule has 1 atom stereocenters. The molecule has 0 aromatic heterocycles. The molecule has 0 aromatic rings. The summed E-state index contributed by atoms with van der Waals surface area (Å²) in [6.07, 6.45) is 6.60. The van der Waals surface area contributed by atoms with Crippen LogP contribution in [-0.4, -0.2) is 11.6 Å². The number of rotatable bonds is 5. The molecule has 0 bridgehead atoms. The predicted octanol–water partition coefficient (Wildman–Crippen LogP) is 5.99. The van der Waals surface area contributed by atoms with Gasteiger partial charge in [0, 0.05) is 0 Å². The van der Waals surface area contributed by atoms with Crippen LogP contribution in [0, 0.1) is 22.7 Å². The summed E-state index contributed by atoms with van der Waals surface area (Å²) < 4.78 is 6.08. The van der Waals surface area contributed by atoms with Crippen LogP contribution in [-0.2, 0) is 9.53 Å². The Kier molecular flexibility index (Phi) is 6.14. The van der Waals surface area contributed by atoms with Crippen molar-refractivity contribution in [3.8, 4) is 0 Å². The van der Waals surface area contributed by atoms with Gasteiger partial charge < -0.3 is 4.74 Å². The molecular weight excluding hydrogens is 272 g/mol. The van der Waals surface area contributed by atoms with Crippen LogP contribution in [0.3, 0.4) is 0 Å². The monoisotopic (exact) mass is 310 g/mol. The zero-order valence-corrected chi connectivity index (χ0v) is 16.2. The largest absolute Gasteiger partial charge is 0.459 e. The SMILES string of the molecule is CCC(C)(CC(C)(C)C)C(=O)OC(C)(C)C1CCC(C)CC1. The Morgan fingerprint density at radius 1 is 1.00 bits per heavy atom. The van der Waals surface area contributed by atoms with E-state index >= 15 is 0 Å². The smallest absolute Gasteiger partial charge is 0.312 e. The summed E-state index contributed by atoms with van der Waals surface area (Å²) in [5.74, 6) is 1.32. The Bertz CT molecular complexity index is 370. The van der Waals surface area contributed by atoms with E-state index in [-0.39, 0.29) is 22.4 Å². The molecule has 0 N–H and O–H groups in total. The van der Waals surface area contributed by atoms with Crippen LogP contribution in [0.1, 0.15) is 93.9 Å². The van der Waals surface area contributed by atoms with Gasteiger partial charge in [-0.2, -0.15) is 0 Å². The molecule has 1 unspecified atom stereocenters. The maximum atomic E-state index is 12.9. The number of carbonyl (C=O) groups excluding carboxylic acids is 1. The Morgan fingerprint density at radius 2 is 1.50 bits per heavy atom. The van der Waals surface area contributed by atoms with Crippen molar-refractivity contribution in [2.24, 2.45) is 22.7 Å². The summed E-state index contributed by atoms with van der Waals surface area (Å²) in [5, 5.41) is 0. The van der Waals surface area contributed by atoms with E-state index in [4.69, 9.17) is 4.74 Å². The molecule has 1 aliphatic carbocycles. The van der Waals surface area contributed by atoms with E-state index in [1.165, 1.54) is 25.7 Å². The number of carbonyl (C=O) groups is 1. The van der Waals surface area contributed by atoms with Gasteiger partial charge in [-0.3, -0.25) is 4.79 Å². The van der Waals surface area contributed by atoms with Gasteiger partial charge in [-0.1, -0.05) is 47.5 Å². The molecule has 130 valence electrons. The van der Waals surface area contributed by atoms with E-state index in [9.17, 15) is 4.79 Å². The lowest BCUT2D eigenvalue weighted by atomic mass is 9.72. The summed E-state index contributed by atoms with van der Waals surface area (Å²) in [5.41, 5.74) is -0.586. The van der Waals surface area contributed by atoms with Crippen molar-refractivity contribution in [1.29, 1.82) is 0 Å². The second kappa shape index (κ2) is 6.93. The highest BCUT2D eigenvalue weighted by Crippen LogP contribution is 2.41. The van der Waals surface area contributed by atoms with E-state index in [1.807, 2.05) is 0 Å². The molecule has 0 saturated heterocycles. The van der Waals surface area contributed by atoms with Crippen molar-refractivity contribution in [2.45, 2.75) is 99.5 Å². The molecular formula is C20H38O2. The Morgan fingerprint density at radius 3 is 1.91 bits per heavy atom. The van der Waals surface area contributed by atoms with Crippen LogP contribution in [0.25, 0.3) is 0 Å². The maximum Gasteiger partial charge on any atom is 0.312 e. The fraction of sp³-hybridized carbons (Fsp3) is 0.950. The number of hydrogen-bond donors (Lipinski definition) is 0. The number of ether oxygens (including phenoxy) is 1. The Labute approximate surface area is 138 Å². The van der Waals surface area contributed by atoms with Crippen molar-refractivity contribution in [3.63, 3.8) is 0 Å². The van der Waals surface area contributed by atoms with Crippen LogP contribution in [0.2, 0.25) is 0 Å². The van der Waals surface area contributed by atoms with Crippen molar-refractivity contribution in [2.75, 3.05) is 0 Å². The molecule has 0 spiro atoms. The molecule has 0 heterocycles. The summed E-state index contributed by atoms with van der Waals surface area (Å²) in [7, 11) is 0. The lowest BCUT2D eigenvalue weighted by Crippen LogP contribution is -2.43. The Hall–Kier alpha value is -0.530. The van der Waals surface area contributed by atoms with Crippen LogP contribution >= 0.6 is 0 Å². The molecule has 1 fully saturated rings. The van der Waals surface area contributed by atoms with Gasteiger partial charge in [-0.05, 0) is 63.7 Å². The van der Waals surface area contributed by atoms with E-state index in [0.29, 0.717) is 5.92 Å². The van der Waals surface area contributed by atoms with E-state index in [1.54, 1.807) is 0 Å². The first-order valence-corrected chi connectivity index (χ1v) is 9.13. The van der Waals surface area contributed by atoms with E-state index in [2.05, 4.69) is 55.4 Å². The van der Waals surface area contributed by atoms with Crippen molar-refractivity contribution in [3.05, 3.63) is 0 Å². The molecule has 2 heteroatoms. The predicted molar refractivity (Wildman–Crippen MR) is 93.8 cm³/mol. The normalized spacial score (nSPS) is 26.4. The van der Waals surface area contributed by atoms with Gasteiger partial charge in [0.2, 0.25) is 0 Å². The quantitative estimate of drug-likeness (QED) is 0.583. The molecule has 22 heavy (non-hydrogen) atoms. The van der Waals surface area contributed by atoms with Gasteiger partial charge in [0.25, 0.3) is 0 Å².